The van der Waals surface area contributed by atoms with Crippen molar-refractivity contribution in [1.29, 1.82) is 0 Å². The number of rotatable bonds is 6. The molecule has 0 bridgehead atoms. The molecule has 0 spiro atoms. The highest BCUT2D eigenvalue weighted by molar-refractivity contribution is 5.94. The molecule has 5 heteroatoms. The van der Waals surface area contributed by atoms with E-state index in [2.05, 4.69) is 31.2 Å². The van der Waals surface area contributed by atoms with Gasteiger partial charge < -0.3 is 11.1 Å². The van der Waals surface area contributed by atoms with Crippen molar-refractivity contribution in [1.82, 2.24) is 9.78 Å². The first-order valence-electron chi connectivity index (χ1n) is 7.72. The Labute approximate surface area is 128 Å². The van der Waals surface area contributed by atoms with Gasteiger partial charge in [-0.3, -0.25) is 9.48 Å². The zero-order chi connectivity index (χ0) is 16.3. The summed E-state index contributed by atoms with van der Waals surface area (Å²) >= 11 is 0. The summed E-state index contributed by atoms with van der Waals surface area (Å²) in [7, 11) is 1.85. The van der Waals surface area contributed by atoms with Crippen LogP contribution in [0.2, 0.25) is 0 Å². The molecule has 0 saturated heterocycles. The van der Waals surface area contributed by atoms with E-state index in [4.69, 9.17) is 5.73 Å². The lowest BCUT2D eigenvalue weighted by atomic mass is 9.81. The van der Waals surface area contributed by atoms with Crippen LogP contribution in [0.1, 0.15) is 53.2 Å². The Hall–Kier alpha value is -1.36. The summed E-state index contributed by atoms with van der Waals surface area (Å²) < 4.78 is 1.73. The summed E-state index contributed by atoms with van der Waals surface area (Å²) in [6.07, 6.45) is 2.34. The Bertz CT molecular complexity index is 473. The molecule has 0 aliphatic carbocycles. The summed E-state index contributed by atoms with van der Waals surface area (Å²) in [6.45, 7) is 10.9. The standard InChI is InChI=1S/C16H30N4O/c1-7-16(8-2,11-17)14(21)18-13-9-12(19-20(13)6)10-15(3,4)5/h9H,7-8,10-11,17H2,1-6H3,(H,18,21). The molecular formula is C16H30N4O. The second-order valence-corrected chi connectivity index (χ2v) is 7.03. The van der Waals surface area contributed by atoms with Crippen LogP contribution in [0.3, 0.4) is 0 Å². The topological polar surface area (TPSA) is 72.9 Å². The van der Waals surface area contributed by atoms with Gasteiger partial charge in [-0.05, 0) is 24.7 Å². The highest BCUT2D eigenvalue weighted by Gasteiger charge is 2.33. The van der Waals surface area contributed by atoms with Crippen molar-refractivity contribution in [2.45, 2.75) is 53.9 Å². The van der Waals surface area contributed by atoms with Gasteiger partial charge in [0, 0.05) is 19.7 Å². The van der Waals surface area contributed by atoms with Crippen LogP contribution in [-0.4, -0.2) is 22.2 Å². The van der Waals surface area contributed by atoms with Crippen LogP contribution in [-0.2, 0) is 18.3 Å². The van der Waals surface area contributed by atoms with Crippen molar-refractivity contribution in [3.8, 4) is 0 Å². The fourth-order valence-electron chi connectivity index (χ4n) is 2.47. The highest BCUT2D eigenvalue weighted by atomic mass is 16.2. The van der Waals surface area contributed by atoms with Crippen molar-refractivity contribution in [3.63, 3.8) is 0 Å². The third kappa shape index (κ3) is 4.30. The quantitative estimate of drug-likeness (QED) is 0.847. The minimum atomic E-state index is -0.492. The molecule has 0 aliphatic rings. The Kier molecular flexibility index (Phi) is 5.56. The molecular weight excluding hydrogens is 264 g/mol. The SMILES string of the molecule is CCC(CC)(CN)C(=O)Nc1cc(CC(C)(C)C)nn1C. The number of nitrogens with zero attached hydrogens (tertiary/aromatic N) is 2. The molecule has 3 N–H and O–H groups in total. The predicted molar refractivity (Wildman–Crippen MR) is 87.1 cm³/mol. The largest absolute Gasteiger partial charge is 0.329 e. The lowest BCUT2D eigenvalue weighted by Crippen LogP contribution is -2.41. The summed E-state index contributed by atoms with van der Waals surface area (Å²) in [5, 5.41) is 7.47. The Morgan fingerprint density at radius 2 is 1.90 bits per heavy atom. The molecule has 0 unspecified atom stereocenters. The highest BCUT2D eigenvalue weighted by Crippen LogP contribution is 2.27. The van der Waals surface area contributed by atoms with Crippen LogP contribution in [0.15, 0.2) is 6.07 Å². The number of nitrogens with two attached hydrogens (primary N) is 1. The maximum absolute atomic E-state index is 12.5. The van der Waals surface area contributed by atoms with Crippen molar-refractivity contribution < 1.29 is 4.79 Å². The molecule has 1 rings (SSSR count). The van der Waals surface area contributed by atoms with Gasteiger partial charge in [0.2, 0.25) is 5.91 Å². The first-order chi connectivity index (χ1) is 9.67. The number of aromatic nitrogens is 2. The molecule has 0 aliphatic heterocycles. The van der Waals surface area contributed by atoms with Crippen LogP contribution in [0, 0.1) is 10.8 Å². The van der Waals surface area contributed by atoms with Crippen molar-refractivity contribution >= 4 is 11.7 Å². The van der Waals surface area contributed by atoms with Gasteiger partial charge >= 0.3 is 0 Å². The lowest BCUT2D eigenvalue weighted by Gasteiger charge is -2.28. The smallest absolute Gasteiger partial charge is 0.232 e. The number of hydrogen-bond donors (Lipinski definition) is 2. The van der Waals surface area contributed by atoms with Gasteiger partial charge in [-0.15, -0.1) is 0 Å². The van der Waals surface area contributed by atoms with Gasteiger partial charge in [-0.1, -0.05) is 34.6 Å². The van der Waals surface area contributed by atoms with Crippen LogP contribution < -0.4 is 11.1 Å². The van der Waals surface area contributed by atoms with E-state index in [1.165, 1.54) is 0 Å². The zero-order valence-electron chi connectivity index (χ0n) is 14.3. The van der Waals surface area contributed by atoms with E-state index in [0.717, 1.165) is 30.8 Å². The number of hydrogen-bond acceptors (Lipinski definition) is 3. The van der Waals surface area contributed by atoms with Crippen LogP contribution in [0.5, 0.6) is 0 Å². The third-order valence-corrected chi connectivity index (χ3v) is 4.11. The minimum Gasteiger partial charge on any atom is -0.329 e. The molecule has 5 nitrogen and oxygen atoms in total. The molecule has 1 aromatic heterocycles. The summed E-state index contributed by atoms with van der Waals surface area (Å²) in [4.78, 5) is 12.5. The summed E-state index contributed by atoms with van der Waals surface area (Å²) in [5.74, 6) is 0.722. The number of nitrogens with one attached hydrogen (secondary N) is 1. The maximum atomic E-state index is 12.5. The predicted octanol–water partition coefficient (Wildman–Crippen LogP) is 2.71. The average molecular weight is 294 g/mol. The van der Waals surface area contributed by atoms with Crippen LogP contribution in [0.25, 0.3) is 0 Å². The van der Waals surface area contributed by atoms with Crippen LogP contribution >= 0.6 is 0 Å². The van der Waals surface area contributed by atoms with Gasteiger partial charge in [-0.2, -0.15) is 5.10 Å². The molecule has 0 radical (unpaired) electrons. The molecule has 1 heterocycles. The van der Waals surface area contributed by atoms with Gasteiger partial charge in [0.25, 0.3) is 0 Å². The molecule has 120 valence electrons. The lowest BCUT2D eigenvalue weighted by molar-refractivity contribution is -0.125. The number of carbonyl (C=O) groups is 1. The van der Waals surface area contributed by atoms with E-state index in [0.29, 0.717) is 6.54 Å². The second-order valence-electron chi connectivity index (χ2n) is 7.03. The van der Waals surface area contributed by atoms with E-state index in [-0.39, 0.29) is 11.3 Å². The number of carbonyl (C=O) groups excluding carboxylic acids is 1. The Balaban J connectivity index is 2.91. The summed E-state index contributed by atoms with van der Waals surface area (Å²) in [6, 6.07) is 1.95. The molecule has 0 aromatic carbocycles. The molecule has 0 fully saturated rings. The molecule has 0 saturated carbocycles. The number of anilines is 1. The molecule has 0 atom stereocenters. The van der Waals surface area contributed by atoms with Gasteiger partial charge in [-0.25, -0.2) is 0 Å². The van der Waals surface area contributed by atoms with Crippen molar-refractivity contribution in [3.05, 3.63) is 11.8 Å². The van der Waals surface area contributed by atoms with Gasteiger partial charge in [0.1, 0.15) is 5.82 Å². The van der Waals surface area contributed by atoms with E-state index in [1.807, 2.05) is 27.0 Å². The van der Waals surface area contributed by atoms with E-state index in [1.54, 1.807) is 4.68 Å². The fourth-order valence-corrected chi connectivity index (χ4v) is 2.47. The first-order valence-corrected chi connectivity index (χ1v) is 7.72. The summed E-state index contributed by atoms with van der Waals surface area (Å²) in [5.41, 5.74) is 6.50. The van der Waals surface area contributed by atoms with Crippen LogP contribution in [0.4, 0.5) is 5.82 Å². The average Bonchev–Trinajstić information content (AvgIpc) is 2.70. The van der Waals surface area contributed by atoms with E-state index < -0.39 is 5.41 Å². The monoisotopic (exact) mass is 294 g/mol. The van der Waals surface area contributed by atoms with Crippen molar-refractivity contribution in [2.75, 3.05) is 11.9 Å². The van der Waals surface area contributed by atoms with Gasteiger partial charge in [0.15, 0.2) is 0 Å². The first kappa shape index (κ1) is 17.7. The molecule has 1 amide bonds. The molecule has 1 aromatic rings. The van der Waals surface area contributed by atoms with Gasteiger partial charge in [0.05, 0.1) is 11.1 Å². The fraction of sp³-hybridized carbons (Fsp3) is 0.750. The molecule has 21 heavy (non-hydrogen) atoms. The maximum Gasteiger partial charge on any atom is 0.232 e. The van der Waals surface area contributed by atoms with E-state index in [9.17, 15) is 4.79 Å². The Morgan fingerprint density at radius 3 is 2.33 bits per heavy atom. The van der Waals surface area contributed by atoms with E-state index >= 15 is 0 Å². The zero-order valence-corrected chi connectivity index (χ0v) is 14.3. The Morgan fingerprint density at radius 1 is 1.33 bits per heavy atom. The second kappa shape index (κ2) is 6.60. The van der Waals surface area contributed by atoms with Crippen molar-refractivity contribution in [2.24, 2.45) is 23.6 Å². The minimum absolute atomic E-state index is 0.0136. The third-order valence-electron chi connectivity index (χ3n) is 4.11. The number of amides is 1. The normalized spacial score (nSPS) is 12.5. The number of aryl methyl sites for hydroxylation is 1.